The first-order valence-electron chi connectivity index (χ1n) is 15.4. The third kappa shape index (κ3) is 5.48. The fourth-order valence-electron chi connectivity index (χ4n) is 6.54. The maximum Gasteiger partial charge on any atom is 0.261 e. The van der Waals surface area contributed by atoms with Crippen molar-refractivity contribution < 1.29 is 24.0 Å². The topological polar surface area (TPSA) is 98.3 Å². The predicted molar refractivity (Wildman–Crippen MR) is 172 cm³/mol. The molecule has 4 aromatic rings. The maximum atomic E-state index is 13.3. The molecule has 9 nitrogen and oxygen atoms in total. The van der Waals surface area contributed by atoms with Crippen molar-refractivity contribution in [1.82, 2.24) is 19.6 Å². The fraction of sp³-hybridized carbons (Fsp3) is 0.306. The lowest BCUT2D eigenvalue weighted by Crippen LogP contribution is -2.47. The van der Waals surface area contributed by atoms with Crippen molar-refractivity contribution in [3.8, 4) is 0 Å². The van der Waals surface area contributed by atoms with Gasteiger partial charge in [0.2, 0.25) is 5.91 Å². The van der Waals surface area contributed by atoms with Crippen LogP contribution in [0.25, 0.3) is 21.5 Å². The Morgan fingerprint density at radius 3 is 1.38 bits per heavy atom. The number of carbonyl (C=O) groups excluding carboxylic acids is 5. The Hall–Kier alpha value is -4.89. The predicted octanol–water partition coefficient (Wildman–Crippen LogP) is 4.83. The number of carbonyl (C=O) groups is 5. The van der Waals surface area contributed by atoms with E-state index in [9.17, 15) is 24.0 Å². The summed E-state index contributed by atoms with van der Waals surface area (Å²) in [7, 11) is 0. The van der Waals surface area contributed by atoms with Crippen LogP contribution in [-0.4, -0.2) is 94.4 Å². The molecule has 0 aromatic heterocycles. The number of hydrogen-bond acceptors (Lipinski definition) is 6. The summed E-state index contributed by atoms with van der Waals surface area (Å²) in [6, 6.07) is 22.1. The van der Waals surface area contributed by atoms with Gasteiger partial charge in [-0.1, -0.05) is 48.5 Å². The minimum atomic E-state index is -0.348. The zero-order chi connectivity index (χ0) is 31.8. The molecule has 45 heavy (non-hydrogen) atoms. The Morgan fingerprint density at radius 2 is 1.00 bits per heavy atom. The number of amides is 5. The average molecular weight is 605 g/mol. The number of nitrogens with zero attached hydrogens (tertiary/aromatic N) is 4. The minimum Gasteiger partial charge on any atom is -0.341 e. The van der Waals surface area contributed by atoms with E-state index in [1.807, 2.05) is 48.5 Å². The molecule has 4 aromatic carbocycles. The van der Waals surface area contributed by atoms with E-state index < -0.39 is 0 Å². The molecule has 6 rings (SSSR count). The highest BCUT2D eigenvalue weighted by Crippen LogP contribution is 2.31. The Balaban J connectivity index is 1.06. The number of imide groups is 2. The van der Waals surface area contributed by atoms with Crippen molar-refractivity contribution >= 4 is 51.1 Å². The molecule has 0 bridgehead atoms. The molecule has 0 atom stereocenters. The zero-order valence-corrected chi connectivity index (χ0v) is 25.8. The first-order chi connectivity index (χ1) is 21.7. The largest absolute Gasteiger partial charge is 0.341 e. The second-order valence-electron chi connectivity index (χ2n) is 11.9. The van der Waals surface area contributed by atoms with Crippen LogP contribution in [0, 0.1) is 0 Å². The van der Waals surface area contributed by atoms with Gasteiger partial charge in [-0.2, -0.15) is 0 Å². The third-order valence-electron chi connectivity index (χ3n) is 8.96. The summed E-state index contributed by atoms with van der Waals surface area (Å²) < 4.78 is 0. The van der Waals surface area contributed by atoms with Gasteiger partial charge in [-0.15, -0.1) is 0 Å². The van der Waals surface area contributed by atoms with Gasteiger partial charge in [0.25, 0.3) is 23.6 Å². The van der Waals surface area contributed by atoms with Gasteiger partial charge in [0, 0.05) is 85.3 Å². The second kappa shape index (κ2) is 12.2. The molecule has 2 aliphatic rings. The lowest BCUT2D eigenvalue weighted by molar-refractivity contribution is -0.129. The smallest absolute Gasteiger partial charge is 0.261 e. The van der Waals surface area contributed by atoms with E-state index in [-0.39, 0.29) is 55.2 Å². The van der Waals surface area contributed by atoms with Gasteiger partial charge in [0.05, 0.1) is 0 Å². The van der Waals surface area contributed by atoms with Crippen LogP contribution in [0.5, 0.6) is 0 Å². The molecule has 0 aliphatic carbocycles. The van der Waals surface area contributed by atoms with Crippen LogP contribution in [0.4, 0.5) is 0 Å². The molecule has 5 amide bonds. The zero-order valence-electron chi connectivity index (χ0n) is 25.8. The third-order valence-corrected chi connectivity index (χ3v) is 8.96. The van der Waals surface area contributed by atoms with E-state index in [0.717, 1.165) is 10.8 Å². The molecule has 0 N–H and O–H groups in total. The normalized spacial score (nSPS) is 14.4. The summed E-state index contributed by atoms with van der Waals surface area (Å²) in [6.07, 6.45) is 0.645. The molecular formula is C36H36N4O5. The summed E-state index contributed by atoms with van der Waals surface area (Å²) in [5.74, 6) is -1.39. The lowest BCUT2D eigenvalue weighted by Gasteiger charge is -2.32. The van der Waals surface area contributed by atoms with Crippen LogP contribution in [0.1, 0.15) is 68.6 Å². The highest BCUT2D eigenvalue weighted by molar-refractivity contribution is 6.26. The van der Waals surface area contributed by atoms with Crippen LogP contribution >= 0.6 is 0 Å². The molecule has 230 valence electrons. The van der Waals surface area contributed by atoms with E-state index in [0.29, 0.717) is 59.1 Å². The first kappa shape index (κ1) is 30.1. The fourth-order valence-corrected chi connectivity index (χ4v) is 6.54. The SMILES string of the molecule is CC(=O)N(CCCN(CCN1C(=O)c2cccc3cccc(c23)C1=O)C(C)C)CCN1C(=O)c2cccc3cccc(c23)C1=O. The highest BCUT2D eigenvalue weighted by Gasteiger charge is 2.34. The van der Waals surface area contributed by atoms with Gasteiger partial charge in [-0.05, 0) is 55.3 Å². The number of rotatable bonds is 11. The Morgan fingerprint density at radius 1 is 0.600 bits per heavy atom. The van der Waals surface area contributed by atoms with Gasteiger partial charge in [-0.3, -0.25) is 38.7 Å². The number of hydrogen-bond donors (Lipinski definition) is 0. The molecule has 0 unspecified atom stereocenters. The van der Waals surface area contributed by atoms with Gasteiger partial charge < -0.3 is 4.90 Å². The van der Waals surface area contributed by atoms with Crippen LogP contribution in [0.15, 0.2) is 72.8 Å². The monoisotopic (exact) mass is 604 g/mol. The van der Waals surface area contributed by atoms with E-state index in [1.165, 1.54) is 16.7 Å². The number of benzene rings is 4. The molecule has 2 heterocycles. The minimum absolute atomic E-state index is 0.100. The van der Waals surface area contributed by atoms with Crippen LogP contribution in [0.3, 0.4) is 0 Å². The van der Waals surface area contributed by atoms with Crippen molar-refractivity contribution in [2.75, 3.05) is 39.3 Å². The van der Waals surface area contributed by atoms with Gasteiger partial charge in [-0.25, -0.2) is 0 Å². The van der Waals surface area contributed by atoms with Gasteiger partial charge >= 0.3 is 0 Å². The quantitative estimate of drug-likeness (QED) is 0.228. The average Bonchev–Trinajstić information content (AvgIpc) is 3.03. The summed E-state index contributed by atoms with van der Waals surface area (Å²) >= 11 is 0. The maximum absolute atomic E-state index is 13.3. The van der Waals surface area contributed by atoms with E-state index in [4.69, 9.17) is 0 Å². The Bertz CT molecular complexity index is 1760. The second-order valence-corrected chi connectivity index (χ2v) is 11.9. The van der Waals surface area contributed by atoms with Crippen LogP contribution < -0.4 is 0 Å². The van der Waals surface area contributed by atoms with Crippen molar-refractivity contribution in [3.63, 3.8) is 0 Å². The Kier molecular flexibility index (Phi) is 8.20. The van der Waals surface area contributed by atoms with Crippen LogP contribution in [0.2, 0.25) is 0 Å². The van der Waals surface area contributed by atoms with Crippen molar-refractivity contribution in [2.45, 2.75) is 33.2 Å². The molecular weight excluding hydrogens is 568 g/mol. The summed E-state index contributed by atoms with van der Waals surface area (Å²) in [4.78, 5) is 72.2. The van der Waals surface area contributed by atoms with Crippen molar-refractivity contribution in [1.29, 1.82) is 0 Å². The summed E-state index contributed by atoms with van der Waals surface area (Å²) in [5, 5.41) is 3.12. The highest BCUT2D eigenvalue weighted by atomic mass is 16.2. The standard InChI is InChI=1S/C36H36N4O5/c1-23(2)37(19-21-39-33(42)27-13-4-9-25-10-5-14-28(31(25)27)34(39)43)17-8-18-38(24(3)41)20-22-40-35(44)29-15-6-11-26-12-7-16-30(32(26)29)36(40)45/h4-7,9-16,23H,8,17-22H2,1-3H3. The molecule has 2 aliphatic heterocycles. The van der Waals surface area contributed by atoms with E-state index in [2.05, 4.69) is 18.7 Å². The first-order valence-corrected chi connectivity index (χ1v) is 15.4. The summed E-state index contributed by atoms with van der Waals surface area (Å²) in [6.45, 7) is 7.77. The molecule has 0 fully saturated rings. The molecule has 0 spiro atoms. The molecule has 9 heteroatoms. The Labute approximate surface area is 262 Å². The van der Waals surface area contributed by atoms with Crippen molar-refractivity contribution in [2.24, 2.45) is 0 Å². The molecule has 0 saturated heterocycles. The lowest BCUT2D eigenvalue weighted by atomic mass is 9.94. The van der Waals surface area contributed by atoms with Gasteiger partial charge in [0.1, 0.15) is 0 Å². The van der Waals surface area contributed by atoms with E-state index in [1.54, 1.807) is 29.2 Å². The van der Waals surface area contributed by atoms with Gasteiger partial charge in [0.15, 0.2) is 0 Å². The van der Waals surface area contributed by atoms with Crippen LogP contribution in [-0.2, 0) is 4.79 Å². The summed E-state index contributed by atoms with van der Waals surface area (Å²) in [5.41, 5.74) is 2.08. The molecule has 0 radical (unpaired) electrons. The van der Waals surface area contributed by atoms with E-state index >= 15 is 0 Å². The molecule has 0 saturated carbocycles. The van der Waals surface area contributed by atoms with Crippen molar-refractivity contribution in [3.05, 3.63) is 95.1 Å².